The van der Waals surface area contributed by atoms with Gasteiger partial charge < -0.3 is 0 Å². The Labute approximate surface area is 101 Å². The first-order chi connectivity index (χ1) is 7.68. The average molecular weight is 221 g/mol. The van der Waals surface area contributed by atoms with E-state index in [1.807, 2.05) is 0 Å². The van der Waals surface area contributed by atoms with Crippen LogP contribution in [0.15, 0.2) is 0 Å². The van der Waals surface area contributed by atoms with E-state index in [1.54, 1.807) is 0 Å². The van der Waals surface area contributed by atoms with E-state index in [0.29, 0.717) is 5.54 Å². The molecule has 0 spiro atoms. The fourth-order valence-electron chi connectivity index (χ4n) is 4.91. The quantitative estimate of drug-likeness (QED) is 0.601. The Morgan fingerprint density at radius 3 is 2.56 bits per heavy atom. The molecule has 3 fully saturated rings. The van der Waals surface area contributed by atoms with Crippen LogP contribution in [0.1, 0.15) is 65.2 Å². The van der Waals surface area contributed by atoms with Gasteiger partial charge in [-0.3, -0.25) is 4.90 Å². The van der Waals surface area contributed by atoms with Crippen LogP contribution in [0.25, 0.3) is 0 Å². The average Bonchev–Trinajstić information content (AvgIpc) is 2.29. The van der Waals surface area contributed by atoms with Gasteiger partial charge in [0.25, 0.3) is 0 Å². The lowest BCUT2D eigenvalue weighted by atomic mass is 9.64. The summed E-state index contributed by atoms with van der Waals surface area (Å²) in [5, 5.41) is 0. The van der Waals surface area contributed by atoms with Crippen molar-refractivity contribution >= 4 is 0 Å². The maximum atomic E-state index is 2.88. The summed E-state index contributed by atoms with van der Waals surface area (Å²) in [7, 11) is 0. The van der Waals surface area contributed by atoms with E-state index in [1.165, 1.54) is 57.9 Å². The van der Waals surface area contributed by atoms with Gasteiger partial charge in [-0.15, -0.1) is 0 Å². The lowest BCUT2D eigenvalue weighted by molar-refractivity contribution is -0.0768. The van der Waals surface area contributed by atoms with E-state index in [2.05, 4.69) is 18.7 Å². The monoisotopic (exact) mass is 221 g/mol. The first-order valence-electron chi connectivity index (χ1n) is 7.45. The fourth-order valence-corrected chi connectivity index (χ4v) is 4.91. The highest BCUT2D eigenvalue weighted by molar-refractivity contribution is 5.01. The molecule has 0 amide bonds. The molecule has 1 saturated carbocycles. The van der Waals surface area contributed by atoms with Crippen LogP contribution in [0, 0.1) is 11.8 Å². The molecule has 3 rings (SSSR count). The smallest absolute Gasteiger partial charge is 0.0159 e. The molecule has 3 aliphatic rings. The minimum Gasteiger partial charge on any atom is -0.295 e. The van der Waals surface area contributed by atoms with E-state index in [-0.39, 0.29) is 0 Å². The highest BCUT2D eigenvalue weighted by atomic mass is 15.2. The Bertz CT molecular complexity index is 258. The van der Waals surface area contributed by atoms with Gasteiger partial charge in [0.2, 0.25) is 0 Å². The summed E-state index contributed by atoms with van der Waals surface area (Å²) >= 11 is 0. The van der Waals surface area contributed by atoms with E-state index >= 15 is 0 Å². The van der Waals surface area contributed by atoms with Crippen molar-refractivity contribution < 1.29 is 0 Å². The fraction of sp³-hybridized carbons (Fsp3) is 1.00. The molecular formula is C15H27N. The Morgan fingerprint density at radius 2 is 1.69 bits per heavy atom. The Kier molecular flexibility index (Phi) is 2.78. The minimum atomic E-state index is 0.490. The van der Waals surface area contributed by atoms with Crippen LogP contribution in [-0.4, -0.2) is 23.0 Å². The van der Waals surface area contributed by atoms with Gasteiger partial charge in [0, 0.05) is 11.6 Å². The highest BCUT2D eigenvalue weighted by Crippen LogP contribution is 2.48. The van der Waals surface area contributed by atoms with Crippen molar-refractivity contribution in [3.63, 3.8) is 0 Å². The number of hydrogen-bond donors (Lipinski definition) is 0. The second-order valence-corrected chi connectivity index (χ2v) is 6.98. The highest BCUT2D eigenvalue weighted by Gasteiger charge is 2.47. The third-order valence-electron chi connectivity index (χ3n) is 5.55. The van der Waals surface area contributed by atoms with Crippen molar-refractivity contribution in [2.24, 2.45) is 11.8 Å². The van der Waals surface area contributed by atoms with Gasteiger partial charge in [0.05, 0.1) is 0 Å². The second-order valence-electron chi connectivity index (χ2n) is 6.98. The number of piperidine rings is 2. The van der Waals surface area contributed by atoms with Gasteiger partial charge >= 0.3 is 0 Å². The van der Waals surface area contributed by atoms with Crippen molar-refractivity contribution in [3.8, 4) is 0 Å². The molecule has 1 nitrogen and oxygen atoms in total. The van der Waals surface area contributed by atoms with Gasteiger partial charge in [0.15, 0.2) is 0 Å². The van der Waals surface area contributed by atoms with Crippen LogP contribution in [0.4, 0.5) is 0 Å². The maximum Gasteiger partial charge on any atom is 0.0159 e. The lowest BCUT2D eigenvalue weighted by Crippen LogP contribution is -2.61. The molecule has 0 N–H and O–H groups in total. The largest absolute Gasteiger partial charge is 0.295 e. The minimum absolute atomic E-state index is 0.490. The molecule has 16 heavy (non-hydrogen) atoms. The lowest BCUT2D eigenvalue weighted by Gasteiger charge is -2.58. The molecule has 0 aromatic rings. The maximum absolute atomic E-state index is 2.88. The topological polar surface area (TPSA) is 3.24 Å². The molecule has 0 aromatic heterocycles. The van der Waals surface area contributed by atoms with Gasteiger partial charge in [0.1, 0.15) is 0 Å². The van der Waals surface area contributed by atoms with Crippen molar-refractivity contribution in [3.05, 3.63) is 0 Å². The van der Waals surface area contributed by atoms with Gasteiger partial charge in [-0.1, -0.05) is 25.7 Å². The number of hydrogen-bond acceptors (Lipinski definition) is 1. The SMILES string of the molecule is CC1(C)CC2CCCCC2C2CCCCN21. The summed E-state index contributed by atoms with van der Waals surface area (Å²) in [6, 6.07) is 0.947. The summed E-state index contributed by atoms with van der Waals surface area (Å²) in [6.45, 7) is 6.37. The molecule has 1 aliphatic carbocycles. The van der Waals surface area contributed by atoms with E-state index in [0.717, 1.165) is 17.9 Å². The third kappa shape index (κ3) is 1.72. The summed E-state index contributed by atoms with van der Waals surface area (Å²) in [6.07, 6.45) is 12.0. The second kappa shape index (κ2) is 4.01. The molecule has 92 valence electrons. The molecule has 2 saturated heterocycles. The van der Waals surface area contributed by atoms with Crippen LogP contribution in [0.2, 0.25) is 0 Å². The Morgan fingerprint density at radius 1 is 0.938 bits per heavy atom. The van der Waals surface area contributed by atoms with Crippen LogP contribution in [0.5, 0.6) is 0 Å². The molecule has 2 aliphatic heterocycles. The van der Waals surface area contributed by atoms with Gasteiger partial charge in [-0.25, -0.2) is 0 Å². The predicted molar refractivity (Wildman–Crippen MR) is 68.5 cm³/mol. The summed E-state index contributed by atoms with van der Waals surface area (Å²) in [4.78, 5) is 2.88. The normalized spacial score (nSPS) is 43.5. The third-order valence-corrected chi connectivity index (χ3v) is 5.55. The van der Waals surface area contributed by atoms with E-state index in [9.17, 15) is 0 Å². The standard InChI is InChI=1S/C15H27N/c1-15(2)11-12-7-3-4-8-13(12)14-9-5-6-10-16(14)15/h12-14H,3-11H2,1-2H3. The van der Waals surface area contributed by atoms with Gasteiger partial charge in [-0.05, 0) is 57.9 Å². The van der Waals surface area contributed by atoms with Crippen LogP contribution in [0.3, 0.4) is 0 Å². The molecular weight excluding hydrogens is 194 g/mol. The molecule has 0 bridgehead atoms. The number of rotatable bonds is 0. The molecule has 1 heteroatoms. The van der Waals surface area contributed by atoms with Crippen molar-refractivity contribution in [2.75, 3.05) is 6.54 Å². The Hall–Kier alpha value is -0.0400. The van der Waals surface area contributed by atoms with Crippen LogP contribution < -0.4 is 0 Å². The van der Waals surface area contributed by atoms with Crippen molar-refractivity contribution in [1.29, 1.82) is 0 Å². The zero-order valence-corrected chi connectivity index (χ0v) is 11.0. The number of nitrogens with zero attached hydrogens (tertiary/aromatic N) is 1. The predicted octanol–water partition coefficient (Wildman–Crippen LogP) is 3.83. The summed E-state index contributed by atoms with van der Waals surface area (Å²) in [5.74, 6) is 2.12. The van der Waals surface area contributed by atoms with Gasteiger partial charge in [-0.2, -0.15) is 0 Å². The first-order valence-corrected chi connectivity index (χ1v) is 7.45. The van der Waals surface area contributed by atoms with Crippen molar-refractivity contribution in [2.45, 2.75) is 76.8 Å². The van der Waals surface area contributed by atoms with Crippen LogP contribution in [-0.2, 0) is 0 Å². The molecule has 3 atom stereocenters. The Balaban J connectivity index is 1.85. The van der Waals surface area contributed by atoms with E-state index < -0.39 is 0 Å². The first kappa shape index (κ1) is 11.1. The van der Waals surface area contributed by atoms with E-state index in [4.69, 9.17) is 0 Å². The number of fused-ring (bicyclic) bond motifs is 3. The summed E-state index contributed by atoms with van der Waals surface area (Å²) < 4.78 is 0. The van der Waals surface area contributed by atoms with Crippen LogP contribution >= 0.6 is 0 Å². The van der Waals surface area contributed by atoms with Crippen molar-refractivity contribution in [1.82, 2.24) is 4.90 Å². The summed E-state index contributed by atoms with van der Waals surface area (Å²) in [5.41, 5.74) is 0.490. The zero-order chi connectivity index (χ0) is 11.2. The zero-order valence-electron chi connectivity index (χ0n) is 11.0. The molecule has 0 radical (unpaired) electrons. The molecule has 0 aromatic carbocycles. The molecule has 2 heterocycles. The molecule has 3 unspecified atom stereocenters.